The summed E-state index contributed by atoms with van der Waals surface area (Å²) in [6.45, 7) is 0.391. The van der Waals surface area contributed by atoms with Gasteiger partial charge < -0.3 is 10.3 Å². The zero-order valence-electron chi connectivity index (χ0n) is 13.8. The summed E-state index contributed by atoms with van der Waals surface area (Å²) < 4.78 is 0. The number of nitro benzene ring substituents is 1. The number of nitro groups is 1. The minimum atomic E-state index is -0.574. The maximum Gasteiger partial charge on any atom is 0.293 e. The van der Waals surface area contributed by atoms with Crippen LogP contribution in [-0.4, -0.2) is 27.3 Å². The molecule has 3 rings (SSSR count). The first kappa shape index (κ1) is 17.3. The summed E-state index contributed by atoms with van der Waals surface area (Å²) in [5, 5.41) is 13.8. The zero-order chi connectivity index (χ0) is 18.5. The Hall–Kier alpha value is -3.55. The van der Waals surface area contributed by atoms with Gasteiger partial charge in [-0.2, -0.15) is 0 Å². The van der Waals surface area contributed by atoms with E-state index in [1.54, 1.807) is 6.20 Å². The van der Waals surface area contributed by atoms with Crippen molar-refractivity contribution in [3.05, 3.63) is 80.4 Å². The van der Waals surface area contributed by atoms with Crippen LogP contribution in [0.25, 0.3) is 10.9 Å². The number of fused-ring (bicyclic) bond motifs is 1. The number of pyridine rings is 2. The Balaban J connectivity index is 1.71. The van der Waals surface area contributed by atoms with Crippen LogP contribution >= 0.6 is 0 Å². The van der Waals surface area contributed by atoms with E-state index in [-0.39, 0.29) is 22.2 Å². The fourth-order valence-corrected chi connectivity index (χ4v) is 2.67. The number of aryl methyl sites for hydroxylation is 1. The minimum Gasteiger partial charge on any atom is -0.355 e. The molecule has 0 bridgehead atoms. The Kier molecular flexibility index (Phi) is 5.02. The number of rotatable bonds is 6. The normalized spacial score (nSPS) is 10.6. The third-order valence-electron chi connectivity index (χ3n) is 3.96. The summed E-state index contributed by atoms with van der Waals surface area (Å²) in [7, 11) is 0. The predicted molar refractivity (Wildman–Crippen MR) is 96.1 cm³/mol. The summed E-state index contributed by atoms with van der Waals surface area (Å²) >= 11 is 0. The number of H-pyrrole nitrogens is 1. The molecular weight excluding hydrogens is 336 g/mol. The average molecular weight is 352 g/mol. The second kappa shape index (κ2) is 7.56. The molecule has 132 valence electrons. The van der Waals surface area contributed by atoms with Crippen molar-refractivity contribution in [1.29, 1.82) is 0 Å². The van der Waals surface area contributed by atoms with Gasteiger partial charge in [-0.3, -0.25) is 24.7 Å². The van der Waals surface area contributed by atoms with Gasteiger partial charge in [0.2, 0.25) is 5.43 Å². The Morgan fingerprint density at radius 2 is 2.08 bits per heavy atom. The van der Waals surface area contributed by atoms with Crippen molar-refractivity contribution in [2.45, 2.75) is 12.8 Å². The Bertz CT molecular complexity index is 1010. The van der Waals surface area contributed by atoms with E-state index in [2.05, 4.69) is 15.3 Å². The molecule has 0 aliphatic carbocycles. The van der Waals surface area contributed by atoms with Gasteiger partial charge in [0.25, 0.3) is 11.6 Å². The number of nitrogens with one attached hydrogen (secondary N) is 2. The minimum absolute atomic E-state index is 0.0733. The highest BCUT2D eigenvalue weighted by atomic mass is 16.6. The summed E-state index contributed by atoms with van der Waals surface area (Å²) in [6.07, 6.45) is 4.31. The third-order valence-corrected chi connectivity index (χ3v) is 3.96. The van der Waals surface area contributed by atoms with Crippen LogP contribution in [0, 0.1) is 10.1 Å². The van der Waals surface area contributed by atoms with E-state index >= 15 is 0 Å². The largest absolute Gasteiger partial charge is 0.355 e. The van der Waals surface area contributed by atoms with Gasteiger partial charge in [0.15, 0.2) is 0 Å². The molecule has 0 unspecified atom stereocenters. The van der Waals surface area contributed by atoms with Gasteiger partial charge in [0, 0.05) is 30.7 Å². The zero-order valence-corrected chi connectivity index (χ0v) is 13.8. The van der Waals surface area contributed by atoms with Gasteiger partial charge >= 0.3 is 0 Å². The van der Waals surface area contributed by atoms with Gasteiger partial charge in [-0.1, -0.05) is 12.1 Å². The average Bonchev–Trinajstić information content (AvgIpc) is 2.66. The highest BCUT2D eigenvalue weighted by Gasteiger charge is 2.18. The number of aromatic nitrogens is 2. The molecule has 0 saturated carbocycles. The molecule has 26 heavy (non-hydrogen) atoms. The van der Waals surface area contributed by atoms with Gasteiger partial charge in [-0.25, -0.2) is 0 Å². The standard InChI is InChI=1S/C18H16N4O4/c23-17-13-7-3-8-15(22(25)26)16(13)21-11-14(17)18(24)20-10-4-6-12-5-1-2-9-19-12/h1-3,5,7-9,11H,4,6,10H2,(H,20,24)(H,21,23). The topological polar surface area (TPSA) is 118 Å². The van der Waals surface area contributed by atoms with Gasteiger partial charge in [-0.05, 0) is 31.0 Å². The van der Waals surface area contributed by atoms with Crippen LogP contribution in [-0.2, 0) is 6.42 Å². The Morgan fingerprint density at radius 3 is 2.81 bits per heavy atom. The second-order valence-electron chi connectivity index (χ2n) is 5.67. The number of benzene rings is 1. The molecule has 0 aliphatic rings. The number of hydrogen-bond acceptors (Lipinski definition) is 5. The fourth-order valence-electron chi connectivity index (χ4n) is 2.67. The smallest absolute Gasteiger partial charge is 0.293 e. The van der Waals surface area contributed by atoms with Crippen molar-refractivity contribution in [1.82, 2.24) is 15.3 Å². The quantitative estimate of drug-likeness (QED) is 0.400. The van der Waals surface area contributed by atoms with Crippen LogP contribution in [0.5, 0.6) is 0 Å². The van der Waals surface area contributed by atoms with E-state index in [0.717, 1.165) is 5.69 Å². The molecule has 0 radical (unpaired) electrons. The molecular formula is C18H16N4O4. The number of aromatic amines is 1. The van der Waals surface area contributed by atoms with Gasteiger partial charge in [0.1, 0.15) is 11.1 Å². The number of carbonyl (C=O) groups is 1. The first-order valence-corrected chi connectivity index (χ1v) is 8.05. The summed E-state index contributed by atoms with van der Waals surface area (Å²) in [6, 6.07) is 9.82. The molecule has 0 atom stereocenters. The number of nitrogens with zero attached hydrogens (tertiary/aromatic N) is 2. The Labute approximate surface area is 148 Å². The lowest BCUT2D eigenvalue weighted by molar-refractivity contribution is -0.383. The van der Waals surface area contributed by atoms with Crippen molar-refractivity contribution in [3.63, 3.8) is 0 Å². The van der Waals surface area contributed by atoms with Gasteiger partial charge in [0.05, 0.1) is 10.3 Å². The summed E-state index contributed by atoms with van der Waals surface area (Å²) in [5.41, 5.74) is 0.217. The Morgan fingerprint density at radius 1 is 1.23 bits per heavy atom. The molecule has 8 heteroatoms. The molecule has 0 fully saturated rings. The summed E-state index contributed by atoms with van der Waals surface area (Å²) in [4.78, 5) is 42.1. The maximum absolute atomic E-state index is 12.5. The highest BCUT2D eigenvalue weighted by Crippen LogP contribution is 2.21. The molecule has 2 aromatic heterocycles. The molecule has 8 nitrogen and oxygen atoms in total. The van der Waals surface area contributed by atoms with Crippen molar-refractivity contribution in [2.24, 2.45) is 0 Å². The monoisotopic (exact) mass is 352 g/mol. The number of carbonyl (C=O) groups excluding carboxylic acids is 1. The van der Waals surface area contributed by atoms with E-state index < -0.39 is 16.3 Å². The molecule has 2 heterocycles. The molecule has 3 aromatic rings. The van der Waals surface area contributed by atoms with Crippen LogP contribution < -0.4 is 10.7 Å². The van der Waals surface area contributed by atoms with Crippen LogP contribution in [0.2, 0.25) is 0 Å². The lowest BCUT2D eigenvalue weighted by atomic mass is 10.1. The van der Waals surface area contributed by atoms with Crippen molar-refractivity contribution < 1.29 is 9.72 Å². The lowest BCUT2D eigenvalue weighted by Crippen LogP contribution is -2.30. The first-order valence-electron chi connectivity index (χ1n) is 8.05. The predicted octanol–water partition coefficient (Wildman–Crippen LogP) is 2.19. The van der Waals surface area contributed by atoms with Crippen LogP contribution in [0.4, 0.5) is 5.69 Å². The van der Waals surface area contributed by atoms with Crippen LogP contribution in [0.15, 0.2) is 53.6 Å². The van der Waals surface area contributed by atoms with Crippen molar-refractivity contribution >= 4 is 22.5 Å². The molecule has 0 aliphatic heterocycles. The van der Waals surface area contributed by atoms with Crippen molar-refractivity contribution in [3.8, 4) is 0 Å². The van der Waals surface area contributed by atoms with E-state index in [1.165, 1.54) is 24.4 Å². The fraction of sp³-hybridized carbons (Fsp3) is 0.167. The molecule has 0 spiro atoms. The SMILES string of the molecule is O=C(NCCCc1ccccn1)c1c[nH]c2c([N+](=O)[O-])cccc2c1=O. The van der Waals surface area contributed by atoms with E-state index in [9.17, 15) is 19.7 Å². The molecule has 1 aromatic carbocycles. The van der Waals surface area contributed by atoms with E-state index in [1.807, 2.05) is 18.2 Å². The van der Waals surface area contributed by atoms with Crippen LogP contribution in [0.1, 0.15) is 22.5 Å². The number of hydrogen-bond donors (Lipinski definition) is 2. The number of para-hydroxylation sites is 1. The lowest BCUT2D eigenvalue weighted by Gasteiger charge is -2.06. The van der Waals surface area contributed by atoms with Gasteiger partial charge in [-0.15, -0.1) is 0 Å². The number of amides is 1. The summed E-state index contributed by atoms with van der Waals surface area (Å²) in [5.74, 6) is -0.513. The second-order valence-corrected chi connectivity index (χ2v) is 5.67. The molecule has 2 N–H and O–H groups in total. The number of non-ortho nitro benzene ring substituents is 1. The third kappa shape index (κ3) is 3.59. The van der Waals surface area contributed by atoms with Crippen LogP contribution in [0.3, 0.4) is 0 Å². The highest BCUT2D eigenvalue weighted by molar-refractivity contribution is 5.98. The first-order chi connectivity index (χ1) is 12.6. The van der Waals surface area contributed by atoms with E-state index in [0.29, 0.717) is 19.4 Å². The van der Waals surface area contributed by atoms with Crippen molar-refractivity contribution in [2.75, 3.05) is 6.54 Å². The molecule has 1 amide bonds. The molecule has 0 saturated heterocycles. The maximum atomic E-state index is 12.5. The van der Waals surface area contributed by atoms with E-state index in [4.69, 9.17) is 0 Å².